The molecule has 0 aliphatic carbocycles. The van der Waals surface area contributed by atoms with Crippen molar-refractivity contribution in [3.05, 3.63) is 83.8 Å². The van der Waals surface area contributed by atoms with Gasteiger partial charge in [0, 0.05) is 18.7 Å². The van der Waals surface area contributed by atoms with Gasteiger partial charge in [0.25, 0.3) is 5.91 Å². The van der Waals surface area contributed by atoms with Gasteiger partial charge in [0.15, 0.2) is 5.76 Å². The number of nitrogens with two attached hydrogens (primary N) is 1. The van der Waals surface area contributed by atoms with E-state index in [9.17, 15) is 18.0 Å². The Morgan fingerprint density at radius 2 is 1.80 bits per heavy atom. The van der Waals surface area contributed by atoms with Crippen molar-refractivity contribution < 1.29 is 22.4 Å². The van der Waals surface area contributed by atoms with E-state index in [4.69, 9.17) is 9.56 Å². The number of fused-ring (bicyclic) bond motifs is 1. The van der Waals surface area contributed by atoms with Gasteiger partial charge >= 0.3 is 0 Å². The molecule has 2 heterocycles. The van der Waals surface area contributed by atoms with Crippen molar-refractivity contribution in [2.45, 2.75) is 23.9 Å². The molecule has 1 aliphatic rings. The van der Waals surface area contributed by atoms with E-state index in [0.29, 0.717) is 6.42 Å². The highest BCUT2D eigenvalue weighted by Gasteiger charge is 2.36. The highest BCUT2D eigenvalue weighted by Crippen LogP contribution is 2.26. The maximum Gasteiger partial charge on any atom is 0.290 e. The number of hydrogen-bond acceptors (Lipinski definition) is 5. The van der Waals surface area contributed by atoms with Gasteiger partial charge in [-0.3, -0.25) is 9.59 Å². The highest BCUT2D eigenvalue weighted by molar-refractivity contribution is 7.89. The lowest BCUT2D eigenvalue weighted by Gasteiger charge is -2.35. The number of rotatable bonds is 4. The van der Waals surface area contributed by atoms with Crippen LogP contribution >= 0.6 is 0 Å². The molecular formula is C21H19N3O5S. The number of furan rings is 1. The monoisotopic (exact) mass is 425 g/mol. The van der Waals surface area contributed by atoms with Crippen molar-refractivity contribution in [1.29, 1.82) is 0 Å². The van der Waals surface area contributed by atoms with Gasteiger partial charge in [-0.1, -0.05) is 30.3 Å². The van der Waals surface area contributed by atoms with Gasteiger partial charge in [0.1, 0.15) is 6.04 Å². The molecule has 3 N–H and O–H groups in total. The summed E-state index contributed by atoms with van der Waals surface area (Å²) in [6, 6.07) is 15.6. The first-order valence-electron chi connectivity index (χ1n) is 9.18. The minimum Gasteiger partial charge on any atom is -0.459 e. The molecule has 0 saturated heterocycles. The Morgan fingerprint density at radius 1 is 1.03 bits per heavy atom. The van der Waals surface area contributed by atoms with Crippen LogP contribution in [0.1, 0.15) is 21.7 Å². The normalized spacial score (nSPS) is 16.0. The Hall–Kier alpha value is -3.43. The van der Waals surface area contributed by atoms with Crippen LogP contribution in [0.2, 0.25) is 0 Å². The molecule has 2 aromatic carbocycles. The highest BCUT2D eigenvalue weighted by atomic mass is 32.2. The van der Waals surface area contributed by atoms with Crippen LogP contribution in [0.5, 0.6) is 0 Å². The van der Waals surface area contributed by atoms with Crippen molar-refractivity contribution in [2.75, 3.05) is 5.32 Å². The van der Waals surface area contributed by atoms with E-state index in [0.717, 1.165) is 11.1 Å². The van der Waals surface area contributed by atoms with Crippen molar-refractivity contribution in [3.8, 4) is 0 Å². The maximum absolute atomic E-state index is 13.1. The predicted molar refractivity (Wildman–Crippen MR) is 109 cm³/mol. The van der Waals surface area contributed by atoms with Crippen LogP contribution < -0.4 is 10.5 Å². The van der Waals surface area contributed by atoms with E-state index in [1.165, 1.54) is 29.4 Å². The standard InChI is InChI=1S/C21H19N3O5S/c22-30(27,28)17-8-3-7-16(12-17)23-20(25)18-11-14-5-1-2-6-15(14)13-24(18)21(26)19-9-4-10-29-19/h1-10,12,18H,11,13H2,(H,23,25)(H2,22,27,28). The van der Waals surface area contributed by atoms with Gasteiger partial charge in [-0.15, -0.1) is 0 Å². The summed E-state index contributed by atoms with van der Waals surface area (Å²) >= 11 is 0. The van der Waals surface area contributed by atoms with E-state index < -0.39 is 27.9 Å². The zero-order valence-corrected chi connectivity index (χ0v) is 16.6. The molecule has 0 saturated carbocycles. The van der Waals surface area contributed by atoms with Gasteiger partial charge in [-0.2, -0.15) is 0 Å². The maximum atomic E-state index is 13.1. The van der Waals surface area contributed by atoms with Gasteiger partial charge in [0.05, 0.1) is 11.2 Å². The first-order chi connectivity index (χ1) is 14.3. The molecule has 0 bridgehead atoms. The lowest BCUT2D eigenvalue weighted by molar-refractivity contribution is -0.121. The second-order valence-corrected chi connectivity index (χ2v) is 8.52. The van der Waals surface area contributed by atoms with Crippen LogP contribution in [-0.4, -0.2) is 31.2 Å². The Labute approximate surface area is 173 Å². The molecule has 154 valence electrons. The number of nitrogens with zero attached hydrogens (tertiary/aromatic N) is 1. The molecule has 3 aromatic rings. The molecule has 0 radical (unpaired) electrons. The summed E-state index contributed by atoms with van der Waals surface area (Å²) < 4.78 is 28.4. The second kappa shape index (κ2) is 7.77. The third-order valence-corrected chi connectivity index (χ3v) is 5.89. The van der Waals surface area contributed by atoms with Crippen LogP contribution in [-0.2, 0) is 27.8 Å². The zero-order valence-electron chi connectivity index (χ0n) is 15.8. The third-order valence-electron chi connectivity index (χ3n) is 4.97. The first-order valence-corrected chi connectivity index (χ1v) is 10.7. The van der Waals surface area contributed by atoms with Gasteiger partial charge in [-0.05, 0) is 41.5 Å². The van der Waals surface area contributed by atoms with Crippen LogP contribution in [0.15, 0.2) is 76.2 Å². The molecular weight excluding hydrogens is 406 g/mol. The molecule has 0 spiro atoms. The van der Waals surface area contributed by atoms with E-state index in [-0.39, 0.29) is 22.9 Å². The van der Waals surface area contributed by atoms with Crippen LogP contribution in [0, 0.1) is 0 Å². The molecule has 2 amide bonds. The van der Waals surface area contributed by atoms with E-state index >= 15 is 0 Å². The second-order valence-electron chi connectivity index (χ2n) is 6.96. The molecule has 4 rings (SSSR count). The number of amides is 2. The number of primary sulfonamides is 1. The SMILES string of the molecule is NS(=O)(=O)c1cccc(NC(=O)C2Cc3ccccc3CN2C(=O)c2ccco2)c1. The summed E-state index contributed by atoms with van der Waals surface area (Å²) in [5, 5.41) is 7.87. The molecule has 1 aromatic heterocycles. The zero-order chi connectivity index (χ0) is 21.3. The summed E-state index contributed by atoms with van der Waals surface area (Å²) in [5.74, 6) is -0.688. The van der Waals surface area contributed by atoms with Gasteiger partial charge in [-0.25, -0.2) is 13.6 Å². The summed E-state index contributed by atoms with van der Waals surface area (Å²) in [7, 11) is -3.91. The lowest BCUT2D eigenvalue weighted by atomic mass is 9.93. The van der Waals surface area contributed by atoms with Crippen molar-refractivity contribution in [3.63, 3.8) is 0 Å². The number of carbonyl (C=O) groups excluding carboxylic acids is 2. The summed E-state index contributed by atoms with van der Waals surface area (Å²) in [6.45, 7) is 0.255. The number of carbonyl (C=O) groups is 2. The topological polar surface area (TPSA) is 123 Å². The van der Waals surface area contributed by atoms with E-state index in [2.05, 4.69) is 5.32 Å². The average molecular weight is 425 g/mol. The molecule has 1 unspecified atom stereocenters. The minimum atomic E-state index is -3.91. The van der Waals surface area contributed by atoms with Crippen molar-refractivity contribution in [1.82, 2.24) is 4.90 Å². The molecule has 1 aliphatic heterocycles. The number of nitrogens with one attached hydrogen (secondary N) is 1. The Morgan fingerprint density at radius 3 is 2.50 bits per heavy atom. The fourth-order valence-electron chi connectivity index (χ4n) is 3.49. The van der Waals surface area contributed by atoms with E-state index in [1.807, 2.05) is 24.3 Å². The Bertz CT molecular complexity index is 1200. The number of benzene rings is 2. The lowest BCUT2D eigenvalue weighted by Crippen LogP contribution is -2.50. The predicted octanol–water partition coefficient (Wildman–Crippen LogP) is 2.13. The summed E-state index contributed by atoms with van der Waals surface area (Å²) in [5.41, 5.74) is 2.20. The Kier molecular flexibility index (Phi) is 5.15. The van der Waals surface area contributed by atoms with Crippen molar-refractivity contribution in [2.24, 2.45) is 5.14 Å². The molecule has 0 fully saturated rings. The molecule has 30 heavy (non-hydrogen) atoms. The van der Waals surface area contributed by atoms with Crippen LogP contribution in [0.3, 0.4) is 0 Å². The average Bonchev–Trinajstić information content (AvgIpc) is 3.27. The number of anilines is 1. The fraction of sp³-hybridized carbons (Fsp3) is 0.143. The van der Waals surface area contributed by atoms with Crippen molar-refractivity contribution >= 4 is 27.5 Å². The van der Waals surface area contributed by atoms with Gasteiger partial charge < -0.3 is 14.6 Å². The number of sulfonamides is 1. The van der Waals surface area contributed by atoms with Crippen LogP contribution in [0.25, 0.3) is 0 Å². The largest absolute Gasteiger partial charge is 0.459 e. The smallest absolute Gasteiger partial charge is 0.290 e. The molecule has 1 atom stereocenters. The van der Waals surface area contributed by atoms with Gasteiger partial charge in [0.2, 0.25) is 15.9 Å². The quantitative estimate of drug-likeness (QED) is 0.663. The Balaban J connectivity index is 1.64. The molecule has 8 nitrogen and oxygen atoms in total. The first kappa shape index (κ1) is 19.9. The minimum absolute atomic E-state index is 0.113. The third kappa shape index (κ3) is 3.98. The molecule has 9 heteroatoms. The number of hydrogen-bond donors (Lipinski definition) is 2. The van der Waals surface area contributed by atoms with E-state index in [1.54, 1.807) is 18.2 Å². The fourth-order valence-corrected chi connectivity index (χ4v) is 4.05. The summed E-state index contributed by atoms with van der Waals surface area (Å²) in [6.07, 6.45) is 1.72. The van der Waals surface area contributed by atoms with Crippen LogP contribution in [0.4, 0.5) is 5.69 Å². The summed E-state index contributed by atoms with van der Waals surface area (Å²) in [4.78, 5) is 27.4.